The average molecular weight is 569 g/mol. The Labute approximate surface area is 246 Å². The summed E-state index contributed by atoms with van der Waals surface area (Å²) in [7, 11) is 0. The van der Waals surface area contributed by atoms with Crippen molar-refractivity contribution in [2.75, 3.05) is 32.7 Å². The molecule has 3 aromatic carbocycles. The molecule has 2 N–H and O–H groups in total. The number of urea groups is 1. The van der Waals surface area contributed by atoms with E-state index < -0.39 is 35.8 Å². The second-order valence-electron chi connectivity index (χ2n) is 10.9. The minimum absolute atomic E-state index is 0.166. The normalized spacial score (nSPS) is 22.4. The number of carbonyl (C=O) groups excluding carboxylic acids is 3. The Bertz CT molecular complexity index is 1440. The lowest BCUT2D eigenvalue weighted by Crippen LogP contribution is -2.57. The van der Waals surface area contributed by atoms with Gasteiger partial charge in [-0.3, -0.25) is 9.59 Å². The molecule has 218 valence electrons. The third kappa shape index (κ3) is 6.14. The molecule has 0 spiro atoms. The third-order valence-corrected chi connectivity index (χ3v) is 8.11. The van der Waals surface area contributed by atoms with E-state index in [0.717, 1.165) is 11.1 Å². The average Bonchev–Trinajstić information content (AvgIpc) is 3.35. The van der Waals surface area contributed by atoms with Crippen molar-refractivity contribution in [3.05, 3.63) is 113 Å². The number of carbonyl (C=O) groups is 3. The molecule has 5 rings (SSSR count). The Morgan fingerprint density at radius 3 is 2.36 bits per heavy atom. The number of Topliss-reactive ketones (excluding diaryl/α,β-unsaturated/α-hetero) is 1. The number of benzene rings is 3. The van der Waals surface area contributed by atoms with Gasteiger partial charge in [0, 0.05) is 44.2 Å². The summed E-state index contributed by atoms with van der Waals surface area (Å²) in [5.74, 6) is -2.29. The van der Waals surface area contributed by atoms with E-state index in [2.05, 4.69) is 10.6 Å². The molecule has 2 saturated heterocycles. The van der Waals surface area contributed by atoms with Crippen LogP contribution in [-0.2, 0) is 4.79 Å². The minimum Gasteiger partial charge on any atom is -0.338 e. The van der Waals surface area contributed by atoms with Crippen LogP contribution in [0.4, 0.5) is 9.18 Å². The summed E-state index contributed by atoms with van der Waals surface area (Å²) < 4.78 is 14.1. The van der Waals surface area contributed by atoms with Crippen LogP contribution in [0.2, 0.25) is 0 Å². The molecule has 0 aliphatic carbocycles. The summed E-state index contributed by atoms with van der Waals surface area (Å²) in [6.07, 6.45) is 3.76. The van der Waals surface area contributed by atoms with Gasteiger partial charge < -0.3 is 20.4 Å². The number of hydrogen-bond donors (Lipinski definition) is 2. The van der Waals surface area contributed by atoms with Crippen LogP contribution in [0, 0.1) is 18.7 Å². The van der Waals surface area contributed by atoms with Crippen LogP contribution in [0.5, 0.6) is 0 Å². The van der Waals surface area contributed by atoms with Crippen LogP contribution in [0.1, 0.15) is 39.9 Å². The van der Waals surface area contributed by atoms with Crippen molar-refractivity contribution in [1.82, 2.24) is 20.4 Å². The first kappa shape index (κ1) is 29.2. The Balaban J connectivity index is 1.71. The number of rotatable bonds is 7. The van der Waals surface area contributed by atoms with Gasteiger partial charge in [-0.2, -0.15) is 0 Å². The lowest BCUT2D eigenvalue weighted by atomic mass is 9.77. The van der Waals surface area contributed by atoms with Crippen LogP contribution >= 0.6 is 0 Å². The Morgan fingerprint density at radius 1 is 0.976 bits per heavy atom. The summed E-state index contributed by atoms with van der Waals surface area (Å²) >= 11 is 0. The molecule has 8 heteroatoms. The highest BCUT2D eigenvalue weighted by molar-refractivity contribution is 6.02. The third-order valence-electron chi connectivity index (χ3n) is 8.11. The largest absolute Gasteiger partial charge is 0.338 e. The van der Waals surface area contributed by atoms with E-state index in [1.165, 1.54) is 12.1 Å². The van der Waals surface area contributed by atoms with Crippen molar-refractivity contribution >= 4 is 23.8 Å². The first-order valence-corrected chi connectivity index (χ1v) is 14.5. The Morgan fingerprint density at radius 2 is 1.69 bits per heavy atom. The Kier molecular flexibility index (Phi) is 9.12. The summed E-state index contributed by atoms with van der Waals surface area (Å²) in [6, 6.07) is 20.9. The van der Waals surface area contributed by atoms with Gasteiger partial charge in [-0.15, -0.1) is 0 Å². The van der Waals surface area contributed by atoms with Crippen molar-refractivity contribution in [1.29, 1.82) is 0 Å². The van der Waals surface area contributed by atoms with E-state index in [0.29, 0.717) is 43.9 Å². The zero-order valence-electron chi connectivity index (χ0n) is 24.0. The SMILES string of the molecule is CCNC(=O)N1C(C=Cc2ccccc2)C(C(=O)c2cccc(C)c2)C(c2ccc(F)cc2)C1C(=O)N1CCNCC1. The molecule has 3 aromatic rings. The molecule has 0 bridgehead atoms. The summed E-state index contributed by atoms with van der Waals surface area (Å²) in [6.45, 7) is 6.38. The number of nitrogens with one attached hydrogen (secondary N) is 2. The maximum atomic E-state index is 14.5. The topological polar surface area (TPSA) is 81.8 Å². The second-order valence-corrected chi connectivity index (χ2v) is 10.9. The maximum Gasteiger partial charge on any atom is 0.318 e. The summed E-state index contributed by atoms with van der Waals surface area (Å²) in [5.41, 5.74) is 2.99. The predicted octanol–water partition coefficient (Wildman–Crippen LogP) is 4.64. The van der Waals surface area contributed by atoms with Crippen molar-refractivity contribution in [3.8, 4) is 0 Å². The molecular weight excluding hydrogens is 531 g/mol. The lowest BCUT2D eigenvalue weighted by Gasteiger charge is -2.36. The monoisotopic (exact) mass is 568 g/mol. The standard InChI is InChI=1S/C34H37FN4O3/c1-3-37-34(42)39-28(17-12-24-9-5-4-6-10-24)30(32(40)26-11-7-8-23(2)22-26)29(25-13-15-27(35)16-14-25)31(39)33(41)38-20-18-36-19-21-38/h4-17,22,28-31,36H,3,18-21H2,1-2H3,(H,37,42). The predicted molar refractivity (Wildman–Crippen MR) is 162 cm³/mol. The van der Waals surface area contributed by atoms with Crippen molar-refractivity contribution in [2.24, 2.45) is 5.92 Å². The Hall–Kier alpha value is -4.30. The lowest BCUT2D eigenvalue weighted by molar-refractivity contribution is -0.136. The fraction of sp³-hybridized carbons (Fsp3) is 0.324. The number of nitrogens with zero attached hydrogens (tertiary/aromatic N) is 2. The molecule has 0 aromatic heterocycles. The van der Waals surface area contributed by atoms with Crippen molar-refractivity contribution < 1.29 is 18.8 Å². The number of ketones is 1. The van der Waals surface area contributed by atoms with Gasteiger partial charge in [-0.25, -0.2) is 9.18 Å². The summed E-state index contributed by atoms with van der Waals surface area (Å²) in [5, 5.41) is 6.16. The molecule has 0 radical (unpaired) electrons. The molecule has 2 aliphatic rings. The van der Waals surface area contributed by atoms with Crippen LogP contribution < -0.4 is 10.6 Å². The number of halogens is 1. The van der Waals surface area contributed by atoms with Gasteiger partial charge in [0.1, 0.15) is 11.9 Å². The highest BCUT2D eigenvalue weighted by Gasteiger charge is 2.57. The molecule has 2 heterocycles. The molecule has 4 unspecified atom stereocenters. The van der Waals surface area contributed by atoms with Gasteiger partial charge in [0.05, 0.1) is 12.0 Å². The number of likely N-dealkylation sites (tertiary alicyclic amines) is 1. The van der Waals surface area contributed by atoms with E-state index >= 15 is 0 Å². The van der Waals surface area contributed by atoms with E-state index in [1.54, 1.807) is 28.0 Å². The highest BCUT2D eigenvalue weighted by atomic mass is 19.1. The zero-order valence-corrected chi connectivity index (χ0v) is 24.0. The van der Waals surface area contributed by atoms with E-state index in [4.69, 9.17) is 0 Å². The van der Waals surface area contributed by atoms with E-state index in [9.17, 15) is 18.8 Å². The quantitative estimate of drug-likeness (QED) is 0.407. The van der Waals surface area contributed by atoms with Crippen LogP contribution in [-0.4, -0.2) is 72.3 Å². The van der Waals surface area contributed by atoms with Gasteiger partial charge >= 0.3 is 6.03 Å². The van der Waals surface area contributed by atoms with Crippen molar-refractivity contribution in [3.63, 3.8) is 0 Å². The fourth-order valence-electron chi connectivity index (χ4n) is 6.16. The van der Waals surface area contributed by atoms with Crippen LogP contribution in [0.3, 0.4) is 0 Å². The first-order valence-electron chi connectivity index (χ1n) is 14.5. The van der Waals surface area contributed by atoms with Gasteiger partial charge in [-0.1, -0.05) is 78.4 Å². The number of piperazine rings is 1. The summed E-state index contributed by atoms with van der Waals surface area (Å²) in [4.78, 5) is 46.2. The van der Waals surface area contributed by atoms with Gasteiger partial charge in [0.25, 0.3) is 0 Å². The molecule has 0 saturated carbocycles. The van der Waals surface area contributed by atoms with Gasteiger partial charge in [0.2, 0.25) is 5.91 Å². The molecule has 42 heavy (non-hydrogen) atoms. The van der Waals surface area contributed by atoms with Crippen LogP contribution in [0.15, 0.2) is 84.9 Å². The van der Waals surface area contributed by atoms with E-state index in [-0.39, 0.29) is 11.7 Å². The van der Waals surface area contributed by atoms with Crippen molar-refractivity contribution in [2.45, 2.75) is 31.8 Å². The van der Waals surface area contributed by atoms with Gasteiger partial charge in [-0.05, 0) is 43.2 Å². The first-order chi connectivity index (χ1) is 20.4. The number of aryl methyl sites for hydroxylation is 1. The highest BCUT2D eigenvalue weighted by Crippen LogP contribution is 2.46. The number of hydrogen-bond acceptors (Lipinski definition) is 4. The maximum absolute atomic E-state index is 14.5. The fourth-order valence-corrected chi connectivity index (χ4v) is 6.16. The van der Waals surface area contributed by atoms with Crippen LogP contribution in [0.25, 0.3) is 6.08 Å². The zero-order chi connectivity index (χ0) is 29.6. The van der Waals surface area contributed by atoms with E-state index in [1.807, 2.05) is 74.5 Å². The second kappa shape index (κ2) is 13.1. The minimum atomic E-state index is -0.968. The molecule has 7 nitrogen and oxygen atoms in total. The van der Waals surface area contributed by atoms with Gasteiger partial charge in [0.15, 0.2) is 5.78 Å². The smallest absolute Gasteiger partial charge is 0.318 e. The number of amides is 3. The molecule has 4 atom stereocenters. The molecule has 2 fully saturated rings. The molecule has 2 aliphatic heterocycles. The molecular formula is C34H37FN4O3. The molecule has 3 amide bonds.